The van der Waals surface area contributed by atoms with Crippen LogP contribution < -0.4 is 10.9 Å². The Hall–Kier alpha value is -3.08. The van der Waals surface area contributed by atoms with Gasteiger partial charge in [-0.1, -0.05) is 30.3 Å². The largest absolute Gasteiger partial charge is 0.450 e. The van der Waals surface area contributed by atoms with Gasteiger partial charge in [-0.2, -0.15) is 0 Å². The summed E-state index contributed by atoms with van der Waals surface area (Å²) in [5.74, 6) is 0. The van der Waals surface area contributed by atoms with Crippen molar-refractivity contribution in [3.63, 3.8) is 0 Å². The molecule has 23 heavy (non-hydrogen) atoms. The molecule has 3 rings (SSSR count). The van der Waals surface area contributed by atoms with Crippen molar-refractivity contribution in [1.29, 1.82) is 0 Å². The number of carbonyl (C=O) groups is 1. The van der Waals surface area contributed by atoms with Crippen LogP contribution in [-0.4, -0.2) is 12.7 Å². The van der Waals surface area contributed by atoms with Crippen LogP contribution in [0.15, 0.2) is 63.8 Å². The Morgan fingerprint density at radius 3 is 2.65 bits per heavy atom. The Kier molecular flexibility index (Phi) is 4.10. The third kappa shape index (κ3) is 3.23. The second kappa shape index (κ2) is 6.36. The third-order valence-corrected chi connectivity index (χ3v) is 3.35. The SMILES string of the molecule is CCOC(=O)Nc1ccc2c(-c3ccccc3)cc(=O)oc2c1. The van der Waals surface area contributed by atoms with Crippen molar-refractivity contribution in [3.8, 4) is 11.1 Å². The number of anilines is 1. The first-order chi connectivity index (χ1) is 11.2. The molecule has 0 aliphatic rings. The second-order valence-electron chi connectivity index (χ2n) is 4.90. The molecule has 1 N–H and O–H groups in total. The molecule has 0 aliphatic carbocycles. The van der Waals surface area contributed by atoms with Crippen molar-refractivity contribution in [1.82, 2.24) is 0 Å². The molecule has 0 unspecified atom stereocenters. The maximum atomic E-state index is 11.8. The van der Waals surface area contributed by atoms with Crippen molar-refractivity contribution in [2.75, 3.05) is 11.9 Å². The molecule has 5 nitrogen and oxygen atoms in total. The predicted octanol–water partition coefficient (Wildman–Crippen LogP) is 4.03. The van der Waals surface area contributed by atoms with Crippen molar-refractivity contribution in [2.24, 2.45) is 0 Å². The highest BCUT2D eigenvalue weighted by Gasteiger charge is 2.09. The van der Waals surface area contributed by atoms with Gasteiger partial charge in [-0.05, 0) is 30.2 Å². The van der Waals surface area contributed by atoms with Gasteiger partial charge in [0.05, 0.1) is 6.61 Å². The van der Waals surface area contributed by atoms with Gasteiger partial charge in [-0.3, -0.25) is 5.32 Å². The molecule has 2 aromatic carbocycles. The van der Waals surface area contributed by atoms with Crippen molar-refractivity contribution in [2.45, 2.75) is 6.92 Å². The molecule has 0 radical (unpaired) electrons. The van der Waals surface area contributed by atoms with E-state index < -0.39 is 11.7 Å². The van der Waals surface area contributed by atoms with Crippen LogP contribution in [0, 0.1) is 0 Å². The highest BCUT2D eigenvalue weighted by Crippen LogP contribution is 2.28. The van der Waals surface area contributed by atoms with Gasteiger partial charge in [0.25, 0.3) is 0 Å². The zero-order valence-corrected chi connectivity index (χ0v) is 12.5. The normalized spacial score (nSPS) is 10.5. The van der Waals surface area contributed by atoms with Gasteiger partial charge < -0.3 is 9.15 Å². The Morgan fingerprint density at radius 1 is 1.13 bits per heavy atom. The van der Waals surface area contributed by atoms with Crippen molar-refractivity contribution in [3.05, 3.63) is 65.0 Å². The highest BCUT2D eigenvalue weighted by atomic mass is 16.5. The summed E-state index contributed by atoms with van der Waals surface area (Å²) in [5, 5.41) is 3.39. The molecule has 0 bridgehead atoms. The molecule has 1 amide bonds. The van der Waals surface area contributed by atoms with Gasteiger partial charge in [0, 0.05) is 23.2 Å². The van der Waals surface area contributed by atoms with Crippen LogP contribution in [0.3, 0.4) is 0 Å². The van der Waals surface area contributed by atoms with E-state index >= 15 is 0 Å². The van der Waals surface area contributed by atoms with Crippen molar-refractivity contribution < 1.29 is 13.9 Å². The topological polar surface area (TPSA) is 68.5 Å². The van der Waals surface area contributed by atoms with Gasteiger partial charge in [0.1, 0.15) is 5.58 Å². The van der Waals surface area contributed by atoms with E-state index in [4.69, 9.17) is 9.15 Å². The fourth-order valence-corrected chi connectivity index (χ4v) is 2.38. The van der Waals surface area contributed by atoms with Gasteiger partial charge in [0.15, 0.2) is 0 Å². The molecule has 0 spiro atoms. The predicted molar refractivity (Wildman–Crippen MR) is 88.6 cm³/mol. The van der Waals surface area contributed by atoms with E-state index in [1.165, 1.54) is 6.07 Å². The second-order valence-corrected chi connectivity index (χ2v) is 4.90. The van der Waals surface area contributed by atoms with Crippen LogP contribution in [0.2, 0.25) is 0 Å². The summed E-state index contributed by atoms with van der Waals surface area (Å²) >= 11 is 0. The van der Waals surface area contributed by atoms with Crippen LogP contribution >= 0.6 is 0 Å². The monoisotopic (exact) mass is 309 g/mol. The number of carbonyl (C=O) groups excluding carboxylic acids is 1. The van der Waals surface area contributed by atoms with Crippen LogP contribution in [-0.2, 0) is 4.74 Å². The quantitative estimate of drug-likeness (QED) is 0.742. The Labute approximate surface area is 132 Å². The maximum absolute atomic E-state index is 11.8. The van der Waals surface area contributed by atoms with Crippen molar-refractivity contribution >= 4 is 22.7 Å². The standard InChI is InChI=1S/C18H15NO4/c1-2-22-18(21)19-13-8-9-14-15(12-6-4-3-5-7-12)11-17(20)23-16(14)10-13/h3-11H,2H2,1H3,(H,19,21). The van der Waals surface area contributed by atoms with Gasteiger partial charge in [-0.25, -0.2) is 9.59 Å². The average Bonchev–Trinajstić information content (AvgIpc) is 2.54. The summed E-state index contributed by atoms with van der Waals surface area (Å²) < 4.78 is 10.1. The lowest BCUT2D eigenvalue weighted by atomic mass is 10.0. The highest BCUT2D eigenvalue weighted by molar-refractivity contribution is 5.96. The number of rotatable bonds is 3. The van der Waals surface area contributed by atoms with E-state index in [-0.39, 0.29) is 6.61 Å². The van der Waals surface area contributed by atoms with Crippen LogP contribution in [0.1, 0.15) is 6.92 Å². The number of hydrogen-bond acceptors (Lipinski definition) is 4. The molecule has 0 fully saturated rings. The number of ether oxygens (including phenoxy) is 1. The molecule has 0 saturated carbocycles. The Balaban J connectivity index is 2.07. The molecule has 3 aromatic rings. The lowest BCUT2D eigenvalue weighted by Crippen LogP contribution is -2.13. The van der Waals surface area contributed by atoms with E-state index in [9.17, 15) is 9.59 Å². The molecule has 1 aromatic heterocycles. The van der Waals surface area contributed by atoms with Crippen LogP contribution in [0.5, 0.6) is 0 Å². The minimum atomic E-state index is -0.548. The zero-order valence-electron chi connectivity index (χ0n) is 12.5. The van der Waals surface area contributed by atoms with Gasteiger partial charge in [0.2, 0.25) is 0 Å². The fraction of sp³-hybridized carbons (Fsp3) is 0.111. The van der Waals surface area contributed by atoms with Crippen LogP contribution in [0.25, 0.3) is 22.1 Å². The molecular weight excluding hydrogens is 294 g/mol. The number of benzene rings is 2. The Bertz CT molecular complexity index is 900. The first kappa shape index (κ1) is 14.8. The average molecular weight is 309 g/mol. The number of nitrogens with one attached hydrogen (secondary N) is 1. The summed E-state index contributed by atoms with van der Waals surface area (Å²) in [6.45, 7) is 2.01. The minimum absolute atomic E-state index is 0.284. The number of fused-ring (bicyclic) bond motifs is 1. The summed E-state index contributed by atoms with van der Waals surface area (Å²) in [4.78, 5) is 23.3. The summed E-state index contributed by atoms with van der Waals surface area (Å²) in [6, 6.07) is 16.2. The molecular formula is C18H15NO4. The Morgan fingerprint density at radius 2 is 1.91 bits per heavy atom. The lowest BCUT2D eigenvalue weighted by Gasteiger charge is -2.08. The molecule has 116 valence electrons. The van der Waals surface area contributed by atoms with Gasteiger partial charge >= 0.3 is 11.7 Å². The van der Waals surface area contributed by atoms with Gasteiger partial charge in [-0.15, -0.1) is 0 Å². The third-order valence-electron chi connectivity index (χ3n) is 3.35. The first-order valence-electron chi connectivity index (χ1n) is 7.24. The molecule has 0 atom stereocenters. The minimum Gasteiger partial charge on any atom is -0.450 e. The molecule has 0 aliphatic heterocycles. The first-order valence-corrected chi connectivity index (χ1v) is 7.24. The van der Waals surface area contributed by atoms with E-state index in [0.29, 0.717) is 11.3 Å². The fourth-order valence-electron chi connectivity index (χ4n) is 2.38. The van der Waals surface area contributed by atoms with E-state index in [1.54, 1.807) is 19.1 Å². The van der Waals surface area contributed by atoms with E-state index in [2.05, 4.69) is 5.32 Å². The smallest absolute Gasteiger partial charge is 0.411 e. The van der Waals surface area contributed by atoms with E-state index in [0.717, 1.165) is 16.5 Å². The summed E-state index contributed by atoms with van der Waals surface area (Å²) in [5.41, 5.74) is 2.19. The summed E-state index contributed by atoms with van der Waals surface area (Å²) in [7, 11) is 0. The molecule has 5 heteroatoms. The zero-order chi connectivity index (χ0) is 16.2. The maximum Gasteiger partial charge on any atom is 0.411 e. The summed E-state index contributed by atoms with van der Waals surface area (Å²) in [6.07, 6.45) is -0.548. The number of amides is 1. The lowest BCUT2D eigenvalue weighted by molar-refractivity contribution is 0.168. The molecule has 1 heterocycles. The number of hydrogen-bond donors (Lipinski definition) is 1. The van der Waals surface area contributed by atoms with Crippen LogP contribution in [0.4, 0.5) is 10.5 Å². The van der Waals surface area contributed by atoms with E-state index in [1.807, 2.05) is 36.4 Å². The molecule has 0 saturated heterocycles.